The number of rotatable bonds is 8. The van der Waals surface area contributed by atoms with Crippen LogP contribution in [-0.4, -0.2) is 63.0 Å². The van der Waals surface area contributed by atoms with E-state index in [4.69, 9.17) is 9.47 Å². The van der Waals surface area contributed by atoms with Gasteiger partial charge in [-0.15, -0.1) is 24.0 Å². The van der Waals surface area contributed by atoms with E-state index in [0.29, 0.717) is 18.1 Å². The summed E-state index contributed by atoms with van der Waals surface area (Å²) in [5.41, 5.74) is 0. The fourth-order valence-electron chi connectivity index (χ4n) is 2.95. The van der Waals surface area contributed by atoms with Crippen LogP contribution in [-0.2, 0) is 9.47 Å². The van der Waals surface area contributed by atoms with E-state index in [-0.39, 0.29) is 24.0 Å². The average molecular weight is 441 g/mol. The monoisotopic (exact) mass is 441 g/mol. The summed E-state index contributed by atoms with van der Waals surface area (Å²) in [5, 5.41) is 3.48. The normalized spacial score (nSPS) is 18.0. The highest BCUT2D eigenvalue weighted by Crippen LogP contribution is 2.14. The molecule has 1 heterocycles. The van der Waals surface area contributed by atoms with Gasteiger partial charge >= 0.3 is 0 Å². The van der Waals surface area contributed by atoms with Crippen molar-refractivity contribution >= 4 is 29.9 Å². The van der Waals surface area contributed by atoms with Gasteiger partial charge in [0.1, 0.15) is 0 Å². The zero-order valence-corrected chi connectivity index (χ0v) is 17.8. The maximum Gasteiger partial charge on any atom is 0.193 e. The smallest absolute Gasteiger partial charge is 0.193 e. The molecule has 0 amide bonds. The van der Waals surface area contributed by atoms with Gasteiger partial charge in [-0.25, -0.2) is 0 Å². The third kappa shape index (κ3) is 8.54. The van der Waals surface area contributed by atoms with E-state index >= 15 is 0 Å². The molecule has 1 aliphatic heterocycles. The zero-order valence-electron chi connectivity index (χ0n) is 15.5. The number of likely N-dealkylation sites (tertiary alicyclic amines) is 1. The van der Waals surface area contributed by atoms with Crippen LogP contribution in [0.4, 0.5) is 0 Å². The number of piperidine rings is 1. The molecule has 0 bridgehead atoms. The maximum atomic E-state index is 5.80. The van der Waals surface area contributed by atoms with Gasteiger partial charge in [0.05, 0.1) is 12.2 Å². The lowest BCUT2D eigenvalue weighted by molar-refractivity contribution is 0.0238. The molecule has 0 aromatic rings. The summed E-state index contributed by atoms with van der Waals surface area (Å²) in [4.78, 5) is 6.75. The number of ether oxygens (including phenoxy) is 2. The van der Waals surface area contributed by atoms with Crippen molar-refractivity contribution in [2.75, 3.05) is 39.9 Å². The molecule has 23 heavy (non-hydrogen) atoms. The second-order valence-corrected chi connectivity index (χ2v) is 6.14. The highest BCUT2D eigenvalue weighted by atomic mass is 127. The molecule has 0 saturated carbocycles. The number of hydrogen-bond donors (Lipinski definition) is 1. The van der Waals surface area contributed by atoms with Crippen molar-refractivity contribution in [3.8, 4) is 0 Å². The Labute approximate surface area is 159 Å². The van der Waals surface area contributed by atoms with Gasteiger partial charge in [0.2, 0.25) is 0 Å². The average Bonchev–Trinajstić information content (AvgIpc) is 2.51. The highest BCUT2D eigenvalue weighted by Gasteiger charge is 2.21. The van der Waals surface area contributed by atoms with Crippen LogP contribution in [0.1, 0.15) is 47.0 Å². The summed E-state index contributed by atoms with van der Waals surface area (Å²) in [5.74, 6) is 1.56. The Morgan fingerprint density at radius 2 is 1.87 bits per heavy atom. The predicted molar refractivity (Wildman–Crippen MR) is 108 cm³/mol. The molecule has 0 aliphatic carbocycles. The van der Waals surface area contributed by atoms with Crippen LogP contribution < -0.4 is 5.32 Å². The molecule has 0 aromatic carbocycles. The highest BCUT2D eigenvalue weighted by molar-refractivity contribution is 14.0. The minimum Gasteiger partial charge on any atom is -0.378 e. The van der Waals surface area contributed by atoms with Gasteiger partial charge in [0.15, 0.2) is 5.96 Å². The van der Waals surface area contributed by atoms with Crippen LogP contribution in [0.25, 0.3) is 0 Å². The van der Waals surface area contributed by atoms with E-state index in [1.165, 1.54) is 0 Å². The molecular weight excluding hydrogens is 405 g/mol. The van der Waals surface area contributed by atoms with Crippen molar-refractivity contribution in [2.24, 2.45) is 10.9 Å². The Morgan fingerprint density at radius 3 is 2.35 bits per heavy atom. The molecule has 1 aliphatic rings. The number of halogens is 1. The fraction of sp³-hybridized carbons (Fsp3) is 0.941. The van der Waals surface area contributed by atoms with E-state index in [2.05, 4.69) is 42.9 Å². The number of hydrogen-bond acceptors (Lipinski definition) is 3. The van der Waals surface area contributed by atoms with Crippen LogP contribution in [0.5, 0.6) is 0 Å². The van der Waals surface area contributed by atoms with Gasteiger partial charge in [-0.3, -0.25) is 4.99 Å². The molecule has 5 nitrogen and oxygen atoms in total. The van der Waals surface area contributed by atoms with Crippen LogP contribution in [0.15, 0.2) is 4.99 Å². The summed E-state index contributed by atoms with van der Waals surface area (Å²) >= 11 is 0. The summed E-state index contributed by atoms with van der Waals surface area (Å²) in [6.07, 6.45) is 3.92. The molecule has 0 radical (unpaired) electrons. The van der Waals surface area contributed by atoms with E-state index in [1.807, 2.05) is 7.05 Å². The van der Waals surface area contributed by atoms with Crippen LogP contribution in [0, 0.1) is 5.92 Å². The van der Waals surface area contributed by atoms with Crippen LogP contribution in [0.2, 0.25) is 0 Å². The molecule has 0 aromatic heterocycles. The maximum absolute atomic E-state index is 5.80. The Bertz CT molecular complexity index is 319. The Morgan fingerprint density at radius 1 is 1.22 bits per heavy atom. The van der Waals surface area contributed by atoms with Crippen molar-refractivity contribution in [3.05, 3.63) is 0 Å². The van der Waals surface area contributed by atoms with Gasteiger partial charge in [-0.2, -0.15) is 0 Å². The number of aliphatic imine (C=N–C) groups is 1. The van der Waals surface area contributed by atoms with Crippen molar-refractivity contribution in [3.63, 3.8) is 0 Å². The first kappa shape index (κ1) is 22.9. The second-order valence-electron chi connectivity index (χ2n) is 6.14. The summed E-state index contributed by atoms with van der Waals surface area (Å²) < 4.78 is 11.5. The predicted octanol–water partition coefficient (Wildman–Crippen LogP) is 3.13. The molecule has 1 rings (SSSR count). The number of guanidine groups is 1. The van der Waals surface area contributed by atoms with Gasteiger partial charge in [0, 0.05) is 39.9 Å². The fourth-order valence-corrected chi connectivity index (χ4v) is 2.95. The molecule has 1 N–H and O–H groups in total. The largest absolute Gasteiger partial charge is 0.378 e. The van der Waals surface area contributed by atoms with Gasteiger partial charge in [-0.05, 0) is 39.0 Å². The molecule has 138 valence electrons. The quantitative estimate of drug-likeness (QED) is 0.357. The lowest BCUT2D eigenvalue weighted by Crippen LogP contribution is -2.47. The van der Waals surface area contributed by atoms with Crippen LogP contribution >= 0.6 is 24.0 Å². The Hall–Kier alpha value is -0.0800. The van der Waals surface area contributed by atoms with Crippen molar-refractivity contribution < 1.29 is 9.47 Å². The minimum atomic E-state index is 0. The summed E-state index contributed by atoms with van der Waals surface area (Å²) in [6, 6.07) is 0. The van der Waals surface area contributed by atoms with Gasteiger partial charge in [0.25, 0.3) is 0 Å². The standard InChI is InChI=1S/C17H35N3O2.HI/c1-6-21-15-9-12-20(13-10-15)17(18-5)19-11-8-16(14(3)4)22-7-2;/h14-16H,6-13H2,1-5H3,(H,18,19);1H. The molecular formula is C17H36IN3O2. The van der Waals surface area contributed by atoms with Crippen molar-refractivity contribution in [1.29, 1.82) is 0 Å². The van der Waals surface area contributed by atoms with Crippen LogP contribution in [0.3, 0.4) is 0 Å². The number of nitrogens with zero attached hydrogens (tertiary/aromatic N) is 2. The second kappa shape index (κ2) is 13.2. The Kier molecular flexibility index (Phi) is 13.2. The first-order valence-corrected chi connectivity index (χ1v) is 8.81. The molecule has 0 spiro atoms. The molecule has 6 heteroatoms. The molecule has 1 fully saturated rings. The molecule has 1 unspecified atom stereocenters. The lowest BCUT2D eigenvalue weighted by atomic mass is 10.0. The zero-order chi connectivity index (χ0) is 16.4. The number of nitrogens with one attached hydrogen (secondary N) is 1. The van der Waals surface area contributed by atoms with Crippen molar-refractivity contribution in [2.45, 2.75) is 59.2 Å². The molecule has 1 saturated heterocycles. The third-order valence-electron chi connectivity index (χ3n) is 4.19. The van der Waals surface area contributed by atoms with Gasteiger partial charge in [-0.1, -0.05) is 13.8 Å². The van der Waals surface area contributed by atoms with E-state index in [1.54, 1.807) is 0 Å². The van der Waals surface area contributed by atoms with Crippen molar-refractivity contribution in [1.82, 2.24) is 10.2 Å². The summed E-state index contributed by atoms with van der Waals surface area (Å²) in [7, 11) is 1.86. The third-order valence-corrected chi connectivity index (χ3v) is 4.19. The lowest BCUT2D eigenvalue weighted by Gasteiger charge is -2.34. The first-order valence-electron chi connectivity index (χ1n) is 8.81. The summed E-state index contributed by atoms with van der Waals surface area (Å²) in [6.45, 7) is 13.1. The van der Waals surface area contributed by atoms with E-state index in [0.717, 1.165) is 58.1 Å². The first-order chi connectivity index (χ1) is 10.6. The minimum absolute atomic E-state index is 0. The van der Waals surface area contributed by atoms with Gasteiger partial charge < -0.3 is 19.7 Å². The van der Waals surface area contributed by atoms with E-state index < -0.39 is 0 Å². The van der Waals surface area contributed by atoms with E-state index in [9.17, 15) is 0 Å². The Balaban J connectivity index is 0.00000484. The molecule has 1 atom stereocenters. The SMILES string of the molecule is CCOC1CCN(C(=NC)NCCC(OCC)C(C)C)CC1.I. The topological polar surface area (TPSA) is 46.1 Å².